The summed E-state index contributed by atoms with van der Waals surface area (Å²) in [6, 6.07) is 11.0. The predicted molar refractivity (Wildman–Crippen MR) is 96.5 cm³/mol. The van der Waals surface area contributed by atoms with Crippen molar-refractivity contribution >= 4 is 28.1 Å². The first-order valence-electron chi connectivity index (χ1n) is 8.30. The average molecular weight is 357 g/mol. The summed E-state index contributed by atoms with van der Waals surface area (Å²) >= 11 is 1.59. The molecular formula is C18H19N3O3S. The summed E-state index contributed by atoms with van der Waals surface area (Å²) < 4.78 is 1.33. The normalized spacial score (nSPS) is 21.0. The number of rotatable bonds is 5. The number of hydrogen-bond donors (Lipinski definition) is 3. The molecule has 0 aliphatic heterocycles. The number of aliphatic hydroxyl groups is 1. The van der Waals surface area contributed by atoms with Crippen LogP contribution in [0, 0.1) is 5.92 Å². The van der Waals surface area contributed by atoms with Gasteiger partial charge in [0.2, 0.25) is 5.91 Å². The Hall–Kier alpha value is -2.38. The number of hydrogen-bond acceptors (Lipinski definition) is 4. The number of aliphatic hydroxyl groups excluding tert-OH is 1. The van der Waals surface area contributed by atoms with Gasteiger partial charge in [0.1, 0.15) is 6.54 Å². The lowest BCUT2D eigenvalue weighted by Gasteiger charge is -2.37. The van der Waals surface area contributed by atoms with Gasteiger partial charge in [0, 0.05) is 4.88 Å². The molecule has 25 heavy (non-hydrogen) atoms. The Morgan fingerprint density at radius 3 is 2.80 bits per heavy atom. The van der Waals surface area contributed by atoms with Gasteiger partial charge in [-0.15, -0.1) is 11.3 Å². The standard InChI is InChI=1S/C18H19N3O3S/c22-12-8-11(9-12)17(15-6-3-7-25-15)19-16(23)10-21-18(24)13-4-1-2-5-14(13)20-21/h1-7,11-12,17,20,22H,8-10H2,(H,19,23)/t11?,12?,17-/m0/s1. The Balaban J connectivity index is 1.51. The zero-order chi connectivity index (χ0) is 17.4. The van der Waals surface area contributed by atoms with Gasteiger partial charge >= 0.3 is 0 Å². The molecule has 0 saturated heterocycles. The van der Waals surface area contributed by atoms with Crippen LogP contribution in [0.25, 0.3) is 10.9 Å². The average Bonchev–Trinajstić information content (AvgIpc) is 3.20. The second-order valence-electron chi connectivity index (χ2n) is 6.49. The van der Waals surface area contributed by atoms with Crippen LogP contribution in [0.5, 0.6) is 0 Å². The summed E-state index contributed by atoms with van der Waals surface area (Å²) in [5.41, 5.74) is 0.523. The van der Waals surface area contributed by atoms with Crippen LogP contribution in [0.15, 0.2) is 46.6 Å². The third kappa shape index (κ3) is 3.12. The maximum absolute atomic E-state index is 12.5. The van der Waals surface area contributed by atoms with E-state index in [2.05, 4.69) is 10.4 Å². The molecule has 4 rings (SSSR count). The molecule has 0 spiro atoms. The molecule has 130 valence electrons. The highest BCUT2D eigenvalue weighted by molar-refractivity contribution is 7.10. The van der Waals surface area contributed by atoms with Crippen LogP contribution in [-0.2, 0) is 11.3 Å². The second kappa shape index (κ2) is 6.50. The van der Waals surface area contributed by atoms with Crippen molar-refractivity contribution < 1.29 is 9.90 Å². The van der Waals surface area contributed by atoms with Crippen LogP contribution in [0.3, 0.4) is 0 Å². The predicted octanol–water partition coefficient (Wildman–Crippen LogP) is 2.02. The topological polar surface area (TPSA) is 87.1 Å². The minimum absolute atomic E-state index is 0.0509. The summed E-state index contributed by atoms with van der Waals surface area (Å²) in [5, 5.41) is 18.2. The minimum atomic E-state index is -0.277. The SMILES string of the molecule is O=C(Cn1[nH]c2ccccc2c1=O)N[C@H](c1cccs1)C1CC(O)C1. The lowest BCUT2D eigenvalue weighted by atomic mass is 9.77. The van der Waals surface area contributed by atoms with Gasteiger partial charge in [-0.3, -0.25) is 14.7 Å². The number of aromatic amines is 1. The van der Waals surface area contributed by atoms with E-state index in [0.29, 0.717) is 18.2 Å². The highest BCUT2D eigenvalue weighted by atomic mass is 32.1. The molecule has 0 bridgehead atoms. The van der Waals surface area contributed by atoms with Crippen LogP contribution in [0.2, 0.25) is 0 Å². The molecule has 6 nitrogen and oxygen atoms in total. The summed E-state index contributed by atoms with van der Waals surface area (Å²) in [4.78, 5) is 25.9. The van der Waals surface area contributed by atoms with Gasteiger partial charge in [0.05, 0.1) is 23.0 Å². The van der Waals surface area contributed by atoms with Gasteiger partial charge < -0.3 is 10.4 Å². The molecule has 3 aromatic rings. The molecule has 2 aromatic heterocycles. The first-order valence-corrected chi connectivity index (χ1v) is 9.18. The monoisotopic (exact) mass is 357 g/mol. The van der Waals surface area contributed by atoms with E-state index in [9.17, 15) is 14.7 Å². The summed E-state index contributed by atoms with van der Waals surface area (Å²) in [6.07, 6.45) is 1.10. The lowest BCUT2D eigenvalue weighted by Crippen LogP contribution is -2.42. The molecule has 1 aliphatic rings. The van der Waals surface area contributed by atoms with E-state index in [-0.39, 0.29) is 36.1 Å². The molecule has 1 atom stereocenters. The fourth-order valence-electron chi connectivity index (χ4n) is 3.37. The van der Waals surface area contributed by atoms with Crippen molar-refractivity contribution in [3.63, 3.8) is 0 Å². The summed E-state index contributed by atoms with van der Waals surface area (Å²) in [6.45, 7) is -0.0509. The van der Waals surface area contributed by atoms with Crippen molar-refractivity contribution in [2.24, 2.45) is 5.92 Å². The van der Waals surface area contributed by atoms with Crippen molar-refractivity contribution in [3.8, 4) is 0 Å². The maximum atomic E-state index is 12.5. The van der Waals surface area contributed by atoms with Crippen LogP contribution in [0.4, 0.5) is 0 Å². The van der Waals surface area contributed by atoms with E-state index in [1.165, 1.54) is 4.68 Å². The van der Waals surface area contributed by atoms with Crippen molar-refractivity contribution in [3.05, 3.63) is 57.0 Å². The number of amides is 1. The summed E-state index contributed by atoms with van der Waals surface area (Å²) in [5.74, 6) is 0.0190. The van der Waals surface area contributed by atoms with Gasteiger partial charge in [0.15, 0.2) is 0 Å². The molecule has 1 aromatic carbocycles. The van der Waals surface area contributed by atoms with E-state index < -0.39 is 0 Å². The van der Waals surface area contributed by atoms with E-state index in [0.717, 1.165) is 10.4 Å². The third-order valence-corrected chi connectivity index (χ3v) is 5.70. The minimum Gasteiger partial charge on any atom is -0.393 e. The van der Waals surface area contributed by atoms with Gasteiger partial charge in [-0.1, -0.05) is 18.2 Å². The van der Waals surface area contributed by atoms with E-state index in [4.69, 9.17) is 0 Å². The third-order valence-electron chi connectivity index (χ3n) is 4.75. The Morgan fingerprint density at radius 2 is 2.12 bits per heavy atom. The number of H-pyrrole nitrogens is 1. The first-order chi connectivity index (χ1) is 12.1. The fraction of sp³-hybridized carbons (Fsp3) is 0.333. The number of nitrogens with zero attached hydrogens (tertiary/aromatic N) is 1. The molecule has 3 N–H and O–H groups in total. The zero-order valence-corrected chi connectivity index (χ0v) is 14.3. The van der Waals surface area contributed by atoms with Crippen LogP contribution >= 0.6 is 11.3 Å². The number of nitrogens with one attached hydrogen (secondary N) is 2. The van der Waals surface area contributed by atoms with Gasteiger partial charge in [-0.05, 0) is 42.3 Å². The Kier molecular flexibility index (Phi) is 4.19. The van der Waals surface area contributed by atoms with E-state index >= 15 is 0 Å². The number of aromatic nitrogens is 2. The van der Waals surface area contributed by atoms with Crippen molar-refractivity contribution in [1.29, 1.82) is 0 Å². The molecule has 0 radical (unpaired) electrons. The van der Waals surface area contributed by atoms with Crippen molar-refractivity contribution in [1.82, 2.24) is 15.1 Å². The Morgan fingerprint density at radius 1 is 1.32 bits per heavy atom. The highest BCUT2D eigenvalue weighted by Crippen LogP contribution is 2.39. The van der Waals surface area contributed by atoms with Gasteiger partial charge in [-0.25, -0.2) is 4.68 Å². The zero-order valence-electron chi connectivity index (χ0n) is 13.5. The number of benzene rings is 1. The smallest absolute Gasteiger partial charge is 0.274 e. The maximum Gasteiger partial charge on any atom is 0.274 e. The van der Waals surface area contributed by atoms with Gasteiger partial charge in [-0.2, -0.15) is 0 Å². The van der Waals surface area contributed by atoms with Crippen LogP contribution < -0.4 is 10.9 Å². The highest BCUT2D eigenvalue weighted by Gasteiger charge is 2.36. The van der Waals surface area contributed by atoms with Crippen molar-refractivity contribution in [2.45, 2.75) is 31.5 Å². The number of fused-ring (bicyclic) bond motifs is 1. The van der Waals surface area contributed by atoms with Crippen molar-refractivity contribution in [2.75, 3.05) is 0 Å². The first kappa shape index (κ1) is 16.1. The van der Waals surface area contributed by atoms with Crippen LogP contribution in [-0.4, -0.2) is 26.9 Å². The summed E-state index contributed by atoms with van der Waals surface area (Å²) in [7, 11) is 0. The molecule has 1 amide bonds. The fourth-order valence-corrected chi connectivity index (χ4v) is 4.24. The molecule has 7 heteroatoms. The molecule has 1 saturated carbocycles. The Bertz CT molecular complexity index is 938. The lowest BCUT2D eigenvalue weighted by molar-refractivity contribution is -0.123. The largest absolute Gasteiger partial charge is 0.393 e. The number of carbonyl (C=O) groups is 1. The molecule has 1 fully saturated rings. The molecular weight excluding hydrogens is 338 g/mol. The second-order valence-corrected chi connectivity index (χ2v) is 7.47. The number of thiophene rings is 1. The quantitative estimate of drug-likeness (QED) is 0.653. The van der Waals surface area contributed by atoms with E-state index in [1.54, 1.807) is 23.5 Å². The molecule has 0 unspecified atom stereocenters. The van der Waals surface area contributed by atoms with E-state index in [1.807, 2.05) is 29.6 Å². The number of para-hydroxylation sites is 1. The molecule has 1 aliphatic carbocycles. The Labute approximate surface area is 148 Å². The van der Waals surface area contributed by atoms with Crippen LogP contribution in [0.1, 0.15) is 23.8 Å². The molecule has 2 heterocycles. The van der Waals surface area contributed by atoms with Gasteiger partial charge in [0.25, 0.3) is 5.56 Å². The number of carbonyl (C=O) groups excluding carboxylic acids is 1.